The number of thioether (sulfide) groups is 1. The van der Waals surface area contributed by atoms with Gasteiger partial charge in [-0.3, -0.25) is 0 Å². The van der Waals surface area contributed by atoms with Crippen LogP contribution in [0.5, 0.6) is 0 Å². The van der Waals surface area contributed by atoms with E-state index in [1.54, 1.807) is 0 Å². The first-order valence-corrected chi connectivity index (χ1v) is 5.45. The van der Waals surface area contributed by atoms with E-state index in [0.717, 1.165) is 31.0 Å². The van der Waals surface area contributed by atoms with E-state index in [0.29, 0.717) is 6.10 Å². The van der Waals surface area contributed by atoms with Crippen molar-refractivity contribution in [2.45, 2.75) is 31.9 Å². The van der Waals surface area contributed by atoms with Gasteiger partial charge < -0.3 is 10.5 Å². The van der Waals surface area contributed by atoms with Crippen LogP contribution in [0.25, 0.3) is 0 Å². The Kier molecular flexibility index (Phi) is 4.26. The van der Waals surface area contributed by atoms with Crippen molar-refractivity contribution in [3.05, 3.63) is 0 Å². The largest absolute Gasteiger partial charge is 0.375 e. The van der Waals surface area contributed by atoms with Crippen LogP contribution in [0, 0.1) is 0 Å². The molecule has 1 aliphatic heterocycles. The van der Waals surface area contributed by atoms with Crippen LogP contribution in [-0.2, 0) is 4.74 Å². The molecule has 1 aliphatic rings. The molecule has 11 heavy (non-hydrogen) atoms. The molecule has 2 N–H and O–H groups in total. The van der Waals surface area contributed by atoms with Crippen LogP contribution in [0.4, 0.5) is 0 Å². The summed E-state index contributed by atoms with van der Waals surface area (Å²) in [6.45, 7) is 3.04. The van der Waals surface area contributed by atoms with Crippen molar-refractivity contribution < 1.29 is 4.74 Å². The van der Waals surface area contributed by atoms with Crippen molar-refractivity contribution in [3.8, 4) is 0 Å². The van der Waals surface area contributed by atoms with Gasteiger partial charge in [0.2, 0.25) is 0 Å². The highest BCUT2D eigenvalue weighted by Gasteiger charge is 2.20. The quantitative estimate of drug-likeness (QED) is 0.701. The lowest BCUT2D eigenvalue weighted by Gasteiger charge is -2.27. The van der Waals surface area contributed by atoms with Gasteiger partial charge in [0.25, 0.3) is 0 Å². The molecule has 2 nitrogen and oxygen atoms in total. The predicted octanol–water partition coefficient (Wildman–Crippen LogP) is 1.25. The molecule has 0 saturated carbocycles. The Morgan fingerprint density at radius 1 is 1.73 bits per heavy atom. The first-order valence-electron chi connectivity index (χ1n) is 4.29. The monoisotopic (exact) mass is 175 g/mol. The molecule has 2 atom stereocenters. The Morgan fingerprint density at radius 3 is 3.09 bits per heavy atom. The SMILES string of the molecule is CCC[C@H](N)C1CSCCO1. The minimum absolute atomic E-state index is 0.257. The summed E-state index contributed by atoms with van der Waals surface area (Å²) in [6, 6.07) is 0.257. The van der Waals surface area contributed by atoms with Gasteiger partial charge in [-0.05, 0) is 6.42 Å². The number of nitrogens with two attached hydrogens (primary N) is 1. The van der Waals surface area contributed by atoms with Gasteiger partial charge in [-0.1, -0.05) is 13.3 Å². The molecule has 0 aliphatic carbocycles. The second-order valence-electron chi connectivity index (χ2n) is 2.94. The van der Waals surface area contributed by atoms with Crippen molar-refractivity contribution in [1.82, 2.24) is 0 Å². The number of ether oxygens (including phenoxy) is 1. The summed E-state index contributed by atoms with van der Waals surface area (Å²) in [7, 11) is 0. The summed E-state index contributed by atoms with van der Waals surface area (Å²) < 4.78 is 5.55. The van der Waals surface area contributed by atoms with Crippen molar-refractivity contribution in [2.75, 3.05) is 18.1 Å². The third-order valence-corrected chi connectivity index (χ3v) is 2.96. The minimum atomic E-state index is 0.257. The van der Waals surface area contributed by atoms with E-state index < -0.39 is 0 Å². The second-order valence-corrected chi connectivity index (χ2v) is 4.09. The Labute approximate surface area is 72.9 Å². The summed E-state index contributed by atoms with van der Waals surface area (Å²) in [5, 5.41) is 0. The molecule has 1 heterocycles. The Morgan fingerprint density at radius 2 is 2.55 bits per heavy atom. The fourth-order valence-corrected chi connectivity index (χ4v) is 2.23. The molecule has 0 aromatic carbocycles. The molecule has 1 rings (SSSR count). The molecule has 1 saturated heterocycles. The summed E-state index contributed by atoms with van der Waals surface area (Å²) in [5.41, 5.74) is 5.92. The van der Waals surface area contributed by atoms with E-state index in [9.17, 15) is 0 Å². The van der Waals surface area contributed by atoms with Crippen molar-refractivity contribution in [1.29, 1.82) is 0 Å². The van der Waals surface area contributed by atoms with Gasteiger partial charge in [-0.25, -0.2) is 0 Å². The van der Waals surface area contributed by atoms with Gasteiger partial charge >= 0.3 is 0 Å². The molecule has 0 spiro atoms. The second kappa shape index (κ2) is 5.01. The molecule has 1 fully saturated rings. The van der Waals surface area contributed by atoms with Crippen LogP contribution in [0.3, 0.4) is 0 Å². The third-order valence-electron chi connectivity index (χ3n) is 1.94. The smallest absolute Gasteiger partial charge is 0.0816 e. The maximum Gasteiger partial charge on any atom is 0.0816 e. The minimum Gasteiger partial charge on any atom is -0.375 e. The number of rotatable bonds is 3. The lowest BCUT2D eigenvalue weighted by Crippen LogP contribution is -2.40. The number of hydrogen-bond acceptors (Lipinski definition) is 3. The zero-order valence-corrected chi connectivity index (χ0v) is 7.90. The summed E-state index contributed by atoms with van der Waals surface area (Å²) in [6.07, 6.45) is 2.56. The zero-order chi connectivity index (χ0) is 8.10. The average Bonchev–Trinajstić information content (AvgIpc) is 2.07. The van der Waals surface area contributed by atoms with E-state index in [1.807, 2.05) is 11.8 Å². The lowest BCUT2D eigenvalue weighted by atomic mass is 10.1. The molecule has 66 valence electrons. The summed E-state index contributed by atoms with van der Waals surface area (Å²) >= 11 is 1.95. The fourth-order valence-electron chi connectivity index (χ4n) is 1.27. The molecule has 0 radical (unpaired) electrons. The van der Waals surface area contributed by atoms with Crippen LogP contribution in [-0.4, -0.2) is 30.3 Å². The van der Waals surface area contributed by atoms with Crippen molar-refractivity contribution >= 4 is 11.8 Å². The first-order chi connectivity index (χ1) is 5.34. The van der Waals surface area contributed by atoms with E-state index in [-0.39, 0.29) is 6.04 Å². The van der Waals surface area contributed by atoms with Crippen molar-refractivity contribution in [3.63, 3.8) is 0 Å². The van der Waals surface area contributed by atoms with E-state index in [2.05, 4.69) is 6.92 Å². The molecule has 0 bridgehead atoms. The molecule has 1 unspecified atom stereocenters. The highest BCUT2D eigenvalue weighted by Crippen LogP contribution is 2.16. The van der Waals surface area contributed by atoms with Gasteiger partial charge in [0.15, 0.2) is 0 Å². The van der Waals surface area contributed by atoms with Crippen LogP contribution >= 0.6 is 11.8 Å². The van der Waals surface area contributed by atoms with Gasteiger partial charge in [0.05, 0.1) is 12.7 Å². The van der Waals surface area contributed by atoms with Crippen LogP contribution in [0.1, 0.15) is 19.8 Å². The van der Waals surface area contributed by atoms with Crippen LogP contribution in [0.15, 0.2) is 0 Å². The highest BCUT2D eigenvalue weighted by atomic mass is 32.2. The fraction of sp³-hybridized carbons (Fsp3) is 1.00. The average molecular weight is 175 g/mol. The summed E-state index contributed by atoms with van der Waals surface area (Å²) in [5.74, 6) is 2.22. The lowest BCUT2D eigenvalue weighted by molar-refractivity contribution is 0.0549. The standard InChI is InChI=1S/C8H17NOS/c1-2-3-7(9)8-6-11-5-4-10-8/h7-8H,2-6,9H2,1H3/t7-,8?/m0/s1. The predicted molar refractivity (Wildman–Crippen MR) is 49.9 cm³/mol. The van der Waals surface area contributed by atoms with E-state index >= 15 is 0 Å². The first kappa shape index (κ1) is 9.36. The maximum atomic E-state index is 5.92. The maximum absolute atomic E-state index is 5.92. The zero-order valence-electron chi connectivity index (χ0n) is 7.08. The highest BCUT2D eigenvalue weighted by molar-refractivity contribution is 7.99. The van der Waals surface area contributed by atoms with E-state index in [1.165, 1.54) is 0 Å². The normalized spacial score (nSPS) is 28.4. The van der Waals surface area contributed by atoms with E-state index in [4.69, 9.17) is 10.5 Å². The Balaban J connectivity index is 2.21. The van der Waals surface area contributed by atoms with Gasteiger partial charge in [-0.15, -0.1) is 0 Å². The van der Waals surface area contributed by atoms with Crippen molar-refractivity contribution in [2.24, 2.45) is 5.73 Å². The topological polar surface area (TPSA) is 35.2 Å². The molecule has 0 aromatic rings. The molecule has 3 heteroatoms. The van der Waals surface area contributed by atoms with Gasteiger partial charge in [-0.2, -0.15) is 11.8 Å². The van der Waals surface area contributed by atoms with Crippen LogP contribution < -0.4 is 5.73 Å². The van der Waals surface area contributed by atoms with Crippen LogP contribution in [0.2, 0.25) is 0 Å². The Bertz CT molecular complexity index is 104. The summed E-state index contributed by atoms with van der Waals surface area (Å²) in [4.78, 5) is 0. The molecular weight excluding hydrogens is 158 g/mol. The molecule has 0 aromatic heterocycles. The Hall–Kier alpha value is 0.270. The van der Waals surface area contributed by atoms with Gasteiger partial charge in [0.1, 0.15) is 0 Å². The third kappa shape index (κ3) is 3.01. The molecule has 0 amide bonds. The number of hydrogen-bond donors (Lipinski definition) is 1. The molecular formula is C8H17NOS. The van der Waals surface area contributed by atoms with Gasteiger partial charge in [0, 0.05) is 17.5 Å².